The molecule has 0 saturated carbocycles. The number of aryl methyl sites for hydroxylation is 1. The van der Waals surface area contributed by atoms with Crippen molar-refractivity contribution in [2.24, 2.45) is 0 Å². The van der Waals surface area contributed by atoms with Crippen molar-refractivity contribution < 1.29 is 24.2 Å². The lowest BCUT2D eigenvalue weighted by Crippen LogP contribution is -2.49. The molecule has 154 valence electrons. The van der Waals surface area contributed by atoms with Crippen LogP contribution in [0.3, 0.4) is 0 Å². The summed E-state index contributed by atoms with van der Waals surface area (Å²) < 4.78 is 10.7. The van der Waals surface area contributed by atoms with Gasteiger partial charge in [-0.3, -0.25) is 4.79 Å². The summed E-state index contributed by atoms with van der Waals surface area (Å²) in [6.07, 6.45) is 1.30. The van der Waals surface area contributed by atoms with E-state index in [0.717, 1.165) is 16.7 Å². The van der Waals surface area contributed by atoms with Crippen molar-refractivity contribution in [1.29, 1.82) is 0 Å². The Labute approximate surface area is 170 Å². The summed E-state index contributed by atoms with van der Waals surface area (Å²) in [5.74, 6) is -0.531. The Morgan fingerprint density at radius 1 is 1.14 bits per heavy atom. The van der Waals surface area contributed by atoms with Gasteiger partial charge in [-0.15, -0.1) is 0 Å². The first-order valence-corrected chi connectivity index (χ1v) is 9.82. The largest absolute Gasteiger partial charge is 0.482 e. The fourth-order valence-corrected chi connectivity index (χ4v) is 3.86. The van der Waals surface area contributed by atoms with Crippen LogP contribution in [0, 0.1) is 6.92 Å². The Morgan fingerprint density at radius 2 is 1.79 bits per heavy atom. The Kier molecular flexibility index (Phi) is 6.54. The number of carboxylic acids is 1. The van der Waals surface area contributed by atoms with Crippen LogP contribution >= 0.6 is 0 Å². The van der Waals surface area contributed by atoms with Crippen LogP contribution in [0.5, 0.6) is 5.75 Å². The standard InChI is InChI=1S/C23H27NO5/c1-16-5-3-4-6-20(16)23(11-13-28-14-12-23)22(27)24-17(2)18-7-9-19(10-8-18)29-15-21(25)26/h3-10,17H,11-15H2,1-2H3,(H,24,27)(H,25,26). The minimum absolute atomic E-state index is 0.00815. The third-order valence-electron chi connectivity index (χ3n) is 5.53. The number of ether oxygens (including phenoxy) is 2. The molecule has 2 aromatic rings. The number of hydrogen-bond donors (Lipinski definition) is 2. The number of carbonyl (C=O) groups is 2. The maximum Gasteiger partial charge on any atom is 0.341 e. The predicted molar refractivity (Wildman–Crippen MR) is 109 cm³/mol. The summed E-state index contributed by atoms with van der Waals surface area (Å²) in [5, 5.41) is 11.9. The van der Waals surface area contributed by atoms with Crippen LogP contribution in [-0.4, -0.2) is 36.8 Å². The maximum absolute atomic E-state index is 13.4. The van der Waals surface area contributed by atoms with Crippen LogP contribution in [0.1, 0.15) is 42.5 Å². The highest BCUT2D eigenvalue weighted by molar-refractivity contribution is 5.89. The van der Waals surface area contributed by atoms with Crippen molar-refractivity contribution in [3.8, 4) is 5.75 Å². The highest BCUT2D eigenvalue weighted by atomic mass is 16.5. The Morgan fingerprint density at radius 3 is 2.41 bits per heavy atom. The molecule has 1 atom stereocenters. The van der Waals surface area contributed by atoms with Gasteiger partial charge in [0, 0.05) is 13.2 Å². The summed E-state index contributed by atoms with van der Waals surface area (Å²) in [7, 11) is 0. The van der Waals surface area contributed by atoms with E-state index in [0.29, 0.717) is 31.8 Å². The van der Waals surface area contributed by atoms with E-state index < -0.39 is 11.4 Å². The van der Waals surface area contributed by atoms with Crippen LogP contribution in [0.4, 0.5) is 0 Å². The topological polar surface area (TPSA) is 84.9 Å². The summed E-state index contributed by atoms with van der Waals surface area (Å²) >= 11 is 0. The number of amides is 1. The minimum atomic E-state index is -1.02. The second-order valence-electron chi connectivity index (χ2n) is 7.46. The van der Waals surface area contributed by atoms with Crippen LogP contribution in [-0.2, 0) is 19.7 Å². The molecule has 2 N–H and O–H groups in total. The fourth-order valence-electron chi connectivity index (χ4n) is 3.86. The molecule has 0 aromatic heterocycles. The van der Waals surface area contributed by atoms with Gasteiger partial charge in [0.15, 0.2) is 6.61 Å². The predicted octanol–water partition coefficient (Wildman–Crippen LogP) is 3.38. The molecule has 1 unspecified atom stereocenters. The Hall–Kier alpha value is -2.86. The van der Waals surface area contributed by atoms with Gasteiger partial charge in [-0.05, 0) is 55.5 Å². The molecule has 1 fully saturated rings. The minimum Gasteiger partial charge on any atom is -0.482 e. The fraction of sp³-hybridized carbons (Fsp3) is 0.391. The number of benzene rings is 2. The number of rotatable bonds is 7. The maximum atomic E-state index is 13.4. The quantitative estimate of drug-likeness (QED) is 0.748. The zero-order valence-electron chi connectivity index (χ0n) is 16.8. The molecule has 3 rings (SSSR count). The van der Waals surface area contributed by atoms with Gasteiger partial charge in [-0.25, -0.2) is 4.79 Å². The molecule has 6 heteroatoms. The zero-order valence-corrected chi connectivity index (χ0v) is 16.8. The van der Waals surface area contributed by atoms with E-state index in [-0.39, 0.29) is 18.6 Å². The van der Waals surface area contributed by atoms with E-state index in [4.69, 9.17) is 14.6 Å². The third-order valence-corrected chi connectivity index (χ3v) is 5.53. The molecule has 1 saturated heterocycles. The van der Waals surface area contributed by atoms with Gasteiger partial charge in [-0.1, -0.05) is 36.4 Å². The van der Waals surface area contributed by atoms with Crippen molar-refractivity contribution in [1.82, 2.24) is 5.32 Å². The molecule has 0 radical (unpaired) electrons. The van der Waals surface area contributed by atoms with Gasteiger partial charge in [0.25, 0.3) is 0 Å². The smallest absolute Gasteiger partial charge is 0.341 e. The van der Waals surface area contributed by atoms with Crippen LogP contribution < -0.4 is 10.1 Å². The first kappa shape index (κ1) is 20.9. The van der Waals surface area contributed by atoms with Crippen molar-refractivity contribution in [3.05, 3.63) is 65.2 Å². The lowest BCUT2D eigenvalue weighted by atomic mass is 9.71. The molecular weight excluding hydrogens is 370 g/mol. The highest BCUT2D eigenvalue weighted by Gasteiger charge is 2.42. The number of hydrogen-bond acceptors (Lipinski definition) is 4. The van der Waals surface area contributed by atoms with E-state index in [1.807, 2.05) is 50.2 Å². The summed E-state index contributed by atoms with van der Waals surface area (Å²) in [6.45, 7) is 4.72. The molecule has 1 amide bonds. The first-order chi connectivity index (χ1) is 13.9. The first-order valence-electron chi connectivity index (χ1n) is 9.82. The molecule has 0 aliphatic carbocycles. The van der Waals surface area contributed by atoms with Gasteiger partial charge in [0.1, 0.15) is 5.75 Å². The molecule has 0 spiro atoms. The van der Waals surface area contributed by atoms with Gasteiger partial charge < -0.3 is 19.9 Å². The summed E-state index contributed by atoms with van der Waals surface area (Å²) in [4.78, 5) is 24.1. The molecule has 29 heavy (non-hydrogen) atoms. The normalized spacial score (nSPS) is 16.6. The summed E-state index contributed by atoms with van der Waals surface area (Å²) in [6, 6.07) is 15.0. The molecular formula is C23H27NO5. The lowest BCUT2D eigenvalue weighted by Gasteiger charge is -2.38. The van der Waals surface area contributed by atoms with E-state index in [1.54, 1.807) is 12.1 Å². The second-order valence-corrected chi connectivity index (χ2v) is 7.46. The van der Waals surface area contributed by atoms with E-state index >= 15 is 0 Å². The van der Waals surface area contributed by atoms with Crippen LogP contribution in [0.25, 0.3) is 0 Å². The van der Waals surface area contributed by atoms with E-state index in [9.17, 15) is 9.59 Å². The van der Waals surface area contributed by atoms with Crippen molar-refractivity contribution in [3.63, 3.8) is 0 Å². The number of nitrogens with one attached hydrogen (secondary N) is 1. The highest BCUT2D eigenvalue weighted by Crippen LogP contribution is 2.37. The van der Waals surface area contributed by atoms with E-state index in [1.165, 1.54) is 0 Å². The van der Waals surface area contributed by atoms with Crippen LogP contribution in [0.2, 0.25) is 0 Å². The van der Waals surface area contributed by atoms with E-state index in [2.05, 4.69) is 5.32 Å². The van der Waals surface area contributed by atoms with Crippen molar-refractivity contribution in [2.75, 3.05) is 19.8 Å². The third kappa shape index (κ3) is 4.77. The number of aliphatic carboxylic acids is 1. The lowest BCUT2D eigenvalue weighted by molar-refractivity contribution is -0.139. The van der Waals surface area contributed by atoms with Gasteiger partial charge in [0.2, 0.25) is 5.91 Å². The second kappa shape index (κ2) is 9.09. The van der Waals surface area contributed by atoms with Crippen LogP contribution in [0.15, 0.2) is 48.5 Å². The number of carbonyl (C=O) groups excluding carboxylic acids is 1. The Bertz CT molecular complexity index is 856. The Balaban J connectivity index is 1.76. The van der Waals surface area contributed by atoms with Gasteiger partial charge in [0.05, 0.1) is 11.5 Å². The molecule has 1 heterocycles. The molecule has 6 nitrogen and oxygen atoms in total. The molecule has 1 aliphatic heterocycles. The molecule has 2 aromatic carbocycles. The van der Waals surface area contributed by atoms with Gasteiger partial charge in [-0.2, -0.15) is 0 Å². The monoisotopic (exact) mass is 397 g/mol. The molecule has 0 bridgehead atoms. The number of carboxylic acid groups (broad SMARTS) is 1. The molecule has 1 aliphatic rings. The average Bonchev–Trinajstić information content (AvgIpc) is 2.73. The summed E-state index contributed by atoms with van der Waals surface area (Å²) in [5.41, 5.74) is 2.50. The van der Waals surface area contributed by atoms with Crippen molar-refractivity contribution >= 4 is 11.9 Å². The van der Waals surface area contributed by atoms with Crippen molar-refractivity contribution in [2.45, 2.75) is 38.1 Å². The van der Waals surface area contributed by atoms with Gasteiger partial charge >= 0.3 is 5.97 Å². The SMILES string of the molecule is Cc1ccccc1C1(C(=O)NC(C)c2ccc(OCC(=O)O)cc2)CCOCC1. The zero-order chi connectivity index (χ0) is 20.9. The average molecular weight is 397 g/mol.